The first-order valence-corrected chi connectivity index (χ1v) is 23.7. The lowest BCUT2D eigenvalue weighted by molar-refractivity contribution is 0.00578. The zero-order chi connectivity index (χ0) is 41.8. The molecule has 0 N–H and O–H groups in total. The van der Waals surface area contributed by atoms with Crippen LogP contribution in [0.2, 0.25) is 0 Å². The molecule has 0 radical (unpaired) electrons. The van der Waals surface area contributed by atoms with Gasteiger partial charge in [0.2, 0.25) is 0 Å². The van der Waals surface area contributed by atoms with Gasteiger partial charge in [-0.05, 0) is 89.9 Å². The molecule has 6 nitrogen and oxygen atoms in total. The summed E-state index contributed by atoms with van der Waals surface area (Å²) in [5.41, 5.74) is 0.249. The molecule has 5 rings (SSSR count). The van der Waals surface area contributed by atoms with Crippen molar-refractivity contribution in [1.29, 1.82) is 0 Å². The van der Waals surface area contributed by atoms with Crippen LogP contribution >= 0.6 is 0 Å². The van der Waals surface area contributed by atoms with E-state index in [0.717, 1.165) is 56.8 Å². The van der Waals surface area contributed by atoms with Crippen LogP contribution in [0, 0.1) is 0 Å². The van der Waals surface area contributed by atoms with E-state index in [1.165, 1.54) is 116 Å². The third-order valence-corrected chi connectivity index (χ3v) is 13.6. The van der Waals surface area contributed by atoms with Gasteiger partial charge in [-0.25, -0.2) is 0 Å². The first-order valence-electron chi connectivity index (χ1n) is 23.7. The Kier molecular flexibility index (Phi) is 17.4. The second-order valence-electron chi connectivity index (χ2n) is 19.5. The molecule has 0 amide bonds. The summed E-state index contributed by atoms with van der Waals surface area (Å²) in [6.45, 7) is 22.7. The van der Waals surface area contributed by atoms with Gasteiger partial charge < -0.3 is 28.1 Å². The van der Waals surface area contributed by atoms with Crippen molar-refractivity contribution in [3.63, 3.8) is 0 Å². The van der Waals surface area contributed by atoms with Crippen LogP contribution in [0.3, 0.4) is 0 Å². The highest BCUT2D eigenvalue weighted by Crippen LogP contribution is 2.45. The maximum Gasteiger partial charge on any atom is 0.494 e. The molecule has 2 saturated heterocycles. The van der Waals surface area contributed by atoms with Gasteiger partial charge in [0.1, 0.15) is 0 Å². The fourth-order valence-corrected chi connectivity index (χ4v) is 8.28. The fourth-order valence-electron chi connectivity index (χ4n) is 8.28. The zero-order valence-electron chi connectivity index (χ0n) is 38.6. The lowest BCUT2D eigenvalue weighted by atomic mass is 9.76. The van der Waals surface area contributed by atoms with Crippen molar-refractivity contribution in [2.45, 2.75) is 220 Å². The molecule has 0 spiro atoms. The maximum absolute atomic E-state index is 6.94. The summed E-state index contributed by atoms with van der Waals surface area (Å²) in [6.07, 6.45) is 25.7. The summed E-state index contributed by atoms with van der Waals surface area (Å²) >= 11 is 0. The van der Waals surface area contributed by atoms with Gasteiger partial charge in [-0.2, -0.15) is 0 Å². The third-order valence-electron chi connectivity index (χ3n) is 13.6. The van der Waals surface area contributed by atoms with Crippen LogP contribution in [-0.2, 0) is 18.6 Å². The quantitative estimate of drug-likeness (QED) is 0.0458. The van der Waals surface area contributed by atoms with Crippen LogP contribution in [-0.4, -0.2) is 49.9 Å². The van der Waals surface area contributed by atoms with Gasteiger partial charge in [0.05, 0.1) is 35.6 Å². The largest absolute Gasteiger partial charge is 0.494 e. The van der Waals surface area contributed by atoms with Gasteiger partial charge in [0.25, 0.3) is 0 Å². The summed E-state index contributed by atoms with van der Waals surface area (Å²) in [7, 11) is -0.941. The number of hydrogen-bond acceptors (Lipinski definition) is 6. The molecule has 0 saturated carbocycles. The molecule has 58 heavy (non-hydrogen) atoms. The lowest BCUT2D eigenvalue weighted by Crippen LogP contribution is -2.41. The number of rotatable bonds is 26. The average molecular weight is 799 g/mol. The van der Waals surface area contributed by atoms with Gasteiger partial charge in [0.15, 0.2) is 11.5 Å². The van der Waals surface area contributed by atoms with Crippen LogP contribution in [0.4, 0.5) is 0 Å². The number of fused-ring (bicyclic) bond motifs is 3. The minimum atomic E-state index is -0.471. The Bertz CT molecular complexity index is 1560. The predicted molar refractivity (Wildman–Crippen MR) is 248 cm³/mol. The molecule has 2 heterocycles. The van der Waals surface area contributed by atoms with Gasteiger partial charge in [-0.1, -0.05) is 166 Å². The molecule has 3 aromatic carbocycles. The summed E-state index contributed by atoms with van der Waals surface area (Å²) in [6, 6.07) is 13.2. The summed E-state index contributed by atoms with van der Waals surface area (Å²) in [5, 5.41) is 4.32. The van der Waals surface area contributed by atoms with E-state index in [2.05, 4.69) is 106 Å². The highest BCUT2D eigenvalue weighted by atomic mass is 16.7. The first kappa shape index (κ1) is 46.8. The Morgan fingerprint density at radius 1 is 0.379 bits per heavy atom. The Labute approximate surface area is 354 Å². The standard InChI is InChI=1S/C50H80B2O6/c1-11-13-15-17-19-21-23-25-27-29-35-53-45-43-37-39(51-55-47(3,4)48(5,6)56-51)31-33-41(43)42-34-32-40(52-57-49(7,8)50(9,10)58-52)38-44(42)46(45)54-36-30-28-26-24-22-20-18-16-14-12-2/h31-34,37-38H,11-30,35-36H2,1-10H3. The minimum Gasteiger partial charge on any atom is -0.489 e. The topological polar surface area (TPSA) is 55.4 Å². The predicted octanol–water partition coefficient (Wildman–Crippen LogP) is 13.2. The molecule has 322 valence electrons. The minimum absolute atomic E-state index is 0.432. The Morgan fingerprint density at radius 3 is 0.948 bits per heavy atom. The van der Waals surface area contributed by atoms with Crippen LogP contribution in [0.15, 0.2) is 36.4 Å². The highest BCUT2D eigenvalue weighted by molar-refractivity contribution is 6.63. The second kappa shape index (κ2) is 21.5. The molecule has 0 unspecified atom stereocenters. The van der Waals surface area contributed by atoms with Gasteiger partial charge in [-0.15, -0.1) is 0 Å². The van der Waals surface area contributed by atoms with Crippen LogP contribution < -0.4 is 20.4 Å². The van der Waals surface area contributed by atoms with Gasteiger partial charge in [0, 0.05) is 10.8 Å². The van der Waals surface area contributed by atoms with E-state index in [4.69, 9.17) is 28.1 Å². The maximum atomic E-state index is 6.94. The van der Waals surface area contributed by atoms with E-state index in [1.54, 1.807) is 0 Å². The van der Waals surface area contributed by atoms with Gasteiger partial charge in [-0.3, -0.25) is 0 Å². The van der Waals surface area contributed by atoms with E-state index in [-0.39, 0.29) is 0 Å². The van der Waals surface area contributed by atoms with E-state index in [1.807, 2.05) is 0 Å². The molecule has 0 aromatic heterocycles. The second-order valence-corrected chi connectivity index (χ2v) is 19.5. The number of ether oxygens (including phenoxy) is 2. The SMILES string of the molecule is CCCCCCCCCCCCOc1c(OCCCCCCCCCCCC)c2cc(B3OC(C)(C)C(C)(C)O3)ccc2c2ccc(B3OC(C)(C)C(C)(C)O3)cc12. The average Bonchev–Trinajstić information content (AvgIpc) is 3.55. The molecule has 0 bridgehead atoms. The molecular formula is C50H80B2O6. The van der Waals surface area contributed by atoms with Gasteiger partial charge >= 0.3 is 14.2 Å². The highest BCUT2D eigenvalue weighted by Gasteiger charge is 2.53. The van der Waals surface area contributed by atoms with Crippen LogP contribution in [0.25, 0.3) is 21.5 Å². The lowest BCUT2D eigenvalue weighted by Gasteiger charge is -2.32. The number of unbranched alkanes of at least 4 members (excludes halogenated alkanes) is 18. The van der Waals surface area contributed by atoms with Crippen LogP contribution in [0.5, 0.6) is 11.5 Å². The normalized spacial score (nSPS) is 18.2. The van der Waals surface area contributed by atoms with E-state index in [0.29, 0.717) is 13.2 Å². The van der Waals surface area contributed by atoms with Crippen molar-refractivity contribution < 1.29 is 28.1 Å². The molecule has 2 fully saturated rings. The van der Waals surface area contributed by atoms with Crippen molar-refractivity contribution in [2.75, 3.05) is 13.2 Å². The van der Waals surface area contributed by atoms with Crippen molar-refractivity contribution >= 4 is 46.7 Å². The number of hydrogen-bond donors (Lipinski definition) is 0. The zero-order valence-corrected chi connectivity index (χ0v) is 38.6. The molecular weight excluding hydrogens is 718 g/mol. The molecule has 2 aliphatic rings. The summed E-state index contributed by atoms with van der Waals surface area (Å²) in [5.74, 6) is 1.63. The summed E-state index contributed by atoms with van der Waals surface area (Å²) < 4.78 is 40.1. The smallest absolute Gasteiger partial charge is 0.489 e. The Hall–Kier alpha value is -2.25. The monoisotopic (exact) mass is 799 g/mol. The van der Waals surface area contributed by atoms with Crippen LogP contribution in [0.1, 0.15) is 198 Å². The van der Waals surface area contributed by atoms with E-state index >= 15 is 0 Å². The van der Waals surface area contributed by atoms with Crippen molar-refractivity contribution in [1.82, 2.24) is 0 Å². The molecule has 8 heteroatoms. The Balaban J connectivity index is 1.42. The van der Waals surface area contributed by atoms with E-state index in [9.17, 15) is 0 Å². The number of benzene rings is 3. The molecule has 0 atom stereocenters. The Morgan fingerprint density at radius 2 is 0.655 bits per heavy atom. The first-order chi connectivity index (χ1) is 27.7. The summed E-state index contributed by atoms with van der Waals surface area (Å²) in [4.78, 5) is 0. The third kappa shape index (κ3) is 12.0. The molecule has 3 aromatic rings. The van der Waals surface area contributed by atoms with Crippen molar-refractivity contribution in [3.8, 4) is 11.5 Å². The van der Waals surface area contributed by atoms with E-state index < -0.39 is 36.6 Å². The van der Waals surface area contributed by atoms with Crippen molar-refractivity contribution in [3.05, 3.63) is 36.4 Å². The molecule has 2 aliphatic heterocycles. The molecule has 0 aliphatic carbocycles. The fraction of sp³-hybridized carbons (Fsp3) is 0.720. The van der Waals surface area contributed by atoms with Crippen molar-refractivity contribution in [2.24, 2.45) is 0 Å².